The van der Waals surface area contributed by atoms with Crippen LogP contribution in [0.5, 0.6) is 5.75 Å². The van der Waals surface area contributed by atoms with Gasteiger partial charge in [-0.15, -0.1) is 0 Å². The summed E-state index contributed by atoms with van der Waals surface area (Å²) in [6.07, 6.45) is 7.22. The Bertz CT molecular complexity index is 396. The van der Waals surface area contributed by atoms with Crippen LogP contribution in [-0.4, -0.2) is 0 Å². The highest BCUT2D eigenvalue weighted by molar-refractivity contribution is 5.40. The smallest absolute Gasteiger partial charge is 0.130 e. The summed E-state index contributed by atoms with van der Waals surface area (Å²) in [5.41, 5.74) is 3.15. The molecule has 0 saturated heterocycles. The van der Waals surface area contributed by atoms with E-state index in [2.05, 4.69) is 45.0 Å². The van der Waals surface area contributed by atoms with Crippen LogP contribution in [0.15, 0.2) is 30.5 Å². The van der Waals surface area contributed by atoms with Crippen LogP contribution < -0.4 is 4.74 Å². The zero-order chi connectivity index (χ0) is 11.6. The monoisotopic (exact) mass is 216 g/mol. The summed E-state index contributed by atoms with van der Waals surface area (Å²) in [7, 11) is 0. The molecule has 2 rings (SSSR count). The van der Waals surface area contributed by atoms with Crippen LogP contribution in [-0.2, 0) is 12.8 Å². The van der Waals surface area contributed by atoms with Gasteiger partial charge in [0.05, 0.1) is 6.26 Å². The van der Waals surface area contributed by atoms with Gasteiger partial charge in [0.2, 0.25) is 0 Å². The van der Waals surface area contributed by atoms with E-state index >= 15 is 0 Å². The molecule has 1 heteroatoms. The Morgan fingerprint density at radius 1 is 1.25 bits per heavy atom. The van der Waals surface area contributed by atoms with Crippen molar-refractivity contribution in [2.75, 3.05) is 0 Å². The Balaban J connectivity index is 2.07. The summed E-state index contributed by atoms with van der Waals surface area (Å²) in [5.74, 6) is 1.02. The number of benzene rings is 1. The third-order valence-electron chi connectivity index (χ3n) is 2.92. The molecule has 1 aliphatic rings. The molecule has 0 radical (unpaired) electrons. The molecule has 0 spiro atoms. The third kappa shape index (κ3) is 2.88. The summed E-state index contributed by atoms with van der Waals surface area (Å²) < 4.78 is 5.44. The van der Waals surface area contributed by atoms with Crippen molar-refractivity contribution >= 4 is 0 Å². The lowest BCUT2D eigenvalue weighted by Crippen LogP contribution is -2.06. The fraction of sp³-hybridized carbons (Fsp3) is 0.467. The minimum atomic E-state index is 0.409. The van der Waals surface area contributed by atoms with Crippen LogP contribution in [0.2, 0.25) is 0 Å². The van der Waals surface area contributed by atoms with Gasteiger partial charge in [-0.25, -0.2) is 0 Å². The van der Waals surface area contributed by atoms with Crippen LogP contribution in [0.3, 0.4) is 0 Å². The molecule has 0 bridgehead atoms. The Hall–Kier alpha value is -1.24. The number of rotatable bonds is 2. The fourth-order valence-corrected chi connectivity index (χ4v) is 1.88. The highest BCUT2D eigenvalue weighted by Gasteiger charge is 2.11. The van der Waals surface area contributed by atoms with E-state index in [1.807, 2.05) is 0 Å². The number of hydrogen-bond acceptors (Lipinski definition) is 1. The van der Waals surface area contributed by atoms with Crippen molar-refractivity contribution in [3.63, 3.8) is 0 Å². The van der Waals surface area contributed by atoms with Gasteiger partial charge in [-0.05, 0) is 47.9 Å². The van der Waals surface area contributed by atoms with E-state index < -0.39 is 0 Å². The van der Waals surface area contributed by atoms with E-state index in [1.165, 1.54) is 17.5 Å². The van der Waals surface area contributed by atoms with E-state index in [4.69, 9.17) is 4.74 Å². The summed E-state index contributed by atoms with van der Waals surface area (Å²) >= 11 is 0. The molecule has 0 N–H and O–H groups in total. The molecule has 0 aliphatic carbocycles. The van der Waals surface area contributed by atoms with Crippen LogP contribution in [0.4, 0.5) is 0 Å². The maximum Gasteiger partial charge on any atom is 0.130 e. The zero-order valence-corrected chi connectivity index (χ0v) is 10.4. The molecular formula is C15H20O. The highest BCUT2D eigenvalue weighted by atomic mass is 16.5. The Kier molecular flexibility index (Phi) is 3.04. The van der Waals surface area contributed by atoms with Gasteiger partial charge in [0, 0.05) is 0 Å². The maximum atomic E-state index is 5.44. The van der Waals surface area contributed by atoms with Gasteiger partial charge in [0.25, 0.3) is 0 Å². The van der Waals surface area contributed by atoms with Crippen molar-refractivity contribution in [2.24, 2.45) is 5.41 Å². The van der Waals surface area contributed by atoms with Crippen molar-refractivity contribution in [1.82, 2.24) is 0 Å². The van der Waals surface area contributed by atoms with Crippen LogP contribution >= 0.6 is 0 Å². The molecule has 1 aromatic rings. The van der Waals surface area contributed by atoms with Gasteiger partial charge < -0.3 is 4.74 Å². The Morgan fingerprint density at radius 3 is 2.81 bits per heavy atom. The summed E-state index contributed by atoms with van der Waals surface area (Å²) in [5, 5.41) is 0. The lowest BCUT2D eigenvalue weighted by Gasteiger charge is -2.19. The van der Waals surface area contributed by atoms with Gasteiger partial charge in [-0.3, -0.25) is 0 Å². The molecule has 1 heterocycles. The van der Waals surface area contributed by atoms with Gasteiger partial charge in [-0.2, -0.15) is 0 Å². The zero-order valence-electron chi connectivity index (χ0n) is 10.4. The third-order valence-corrected chi connectivity index (χ3v) is 2.92. The van der Waals surface area contributed by atoms with Crippen molar-refractivity contribution in [2.45, 2.75) is 40.0 Å². The van der Waals surface area contributed by atoms with Crippen molar-refractivity contribution in [3.05, 3.63) is 41.7 Å². The number of aryl methyl sites for hydroxylation is 1. The minimum absolute atomic E-state index is 0.409. The second-order valence-corrected chi connectivity index (χ2v) is 5.70. The average Bonchev–Trinajstić information content (AvgIpc) is 2.25. The van der Waals surface area contributed by atoms with Crippen LogP contribution in [0.25, 0.3) is 0 Å². The van der Waals surface area contributed by atoms with Crippen molar-refractivity contribution in [3.8, 4) is 5.75 Å². The molecule has 86 valence electrons. The standard InChI is InChI=1S/C15H20O/c1-15(2,3)9-8-12-6-7-14-13(11-12)5-4-10-16-14/h4,6-7,10-11H,5,8-9H2,1-3H3. The van der Waals surface area contributed by atoms with Gasteiger partial charge >= 0.3 is 0 Å². The summed E-state index contributed by atoms with van der Waals surface area (Å²) in [6.45, 7) is 6.87. The van der Waals surface area contributed by atoms with Gasteiger partial charge in [0.15, 0.2) is 0 Å². The molecule has 1 aliphatic heterocycles. The quantitative estimate of drug-likeness (QED) is 0.722. The van der Waals surface area contributed by atoms with E-state index in [0.717, 1.165) is 18.6 Å². The number of ether oxygens (including phenoxy) is 1. The first-order valence-corrected chi connectivity index (χ1v) is 5.98. The Morgan fingerprint density at radius 2 is 2.06 bits per heavy atom. The number of fused-ring (bicyclic) bond motifs is 1. The molecule has 1 nitrogen and oxygen atoms in total. The normalized spacial score (nSPS) is 14.4. The number of hydrogen-bond donors (Lipinski definition) is 0. The first kappa shape index (κ1) is 11.3. The van der Waals surface area contributed by atoms with E-state index in [-0.39, 0.29) is 0 Å². The van der Waals surface area contributed by atoms with Crippen LogP contribution in [0, 0.1) is 5.41 Å². The number of allylic oxidation sites excluding steroid dienone is 1. The molecule has 0 atom stereocenters. The molecule has 0 amide bonds. The van der Waals surface area contributed by atoms with E-state index in [9.17, 15) is 0 Å². The highest BCUT2D eigenvalue weighted by Crippen LogP contribution is 2.27. The van der Waals surface area contributed by atoms with Crippen LogP contribution in [0.1, 0.15) is 38.3 Å². The molecule has 0 fully saturated rings. The SMILES string of the molecule is CC(C)(C)CCc1ccc2c(c1)CC=CO2. The molecular weight excluding hydrogens is 196 g/mol. The summed E-state index contributed by atoms with van der Waals surface area (Å²) in [4.78, 5) is 0. The molecule has 0 aromatic heterocycles. The van der Waals surface area contributed by atoms with Gasteiger partial charge in [0.1, 0.15) is 5.75 Å². The van der Waals surface area contributed by atoms with E-state index in [1.54, 1.807) is 6.26 Å². The minimum Gasteiger partial charge on any atom is -0.465 e. The Labute approximate surface area is 98.1 Å². The van der Waals surface area contributed by atoms with Crippen molar-refractivity contribution in [1.29, 1.82) is 0 Å². The molecule has 0 saturated carbocycles. The topological polar surface area (TPSA) is 9.23 Å². The molecule has 0 unspecified atom stereocenters. The fourth-order valence-electron chi connectivity index (χ4n) is 1.88. The predicted molar refractivity (Wildman–Crippen MR) is 67.7 cm³/mol. The van der Waals surface area contributed by atoms with E-state index in [0.29, 0.717) is 5.41 Å². The predicted octanol–water partition coefficient (Wildman–Crippen LogP) is 4.11. The first-order valence-electron chi connectivity index (χ1n) is 5.98. The molecule has 1 aromatic carbocycles. The lowest BCUT2D eigenvalue weighted by molar-refractivity contribution is 0.378. The van der Waals surface area contributed by atoms with Crippen molar-refractivity contribution < 1.29 is 4.74 Å². The average molecular weight is 216 g/mol. The molecule has 16 heavy (non-hydrogen) atoms. The second kappa shape index (κ2) is 4.32. The second-order valence-electron chi connectivity index (χ2n) is 5.70. The largest absolute Gasteiger partial charge is 0.465 e. The first-order chi connectivity index (χ1) is 7.54. The lowest BCUT2D eigenvalue weighted by atomic mass is 9.88. The van der Waals surface area contributed by atoms with Gasteiger partial charge in [-0.1, -0.05) is 32.9 Å². The summed E-state index contributed by atoms with van der Waals surface area (Å²) in [6, 6.07) is 6.56. The maximum absolute atomic E-state index is 5.44.